The molecule has 2 aromatic heterocycles. The summed E-state index contributed by atoms with van der Waals surface area (Å²) in [5.74, 6) is 0.848. The van der Waals surface area contributed by atoms with Crippen molar-refractivity contribution in [1.82, 2.24) is 9.78 Å². The van der Waals surface area contributed by atoms with Crippen LogP contribution in [0.5, 0.6) is 0 Å². The molecule has 0 radical (unpaired) electrons. The number of nitrogen functional groups attached to an aromatic ring is 1. The van der Waals surface area contributed by atoms with Gasteiger partial charge in [-0.05, 0) is 22.0 Å². The third kappa shape index (κ3) is 1.66. The molecular weight excluding hydrogens is 262 g/mol. The number of aryl methyl sites for hydroxylation is 1. The molecule has 0 aliphatic carbocycles. The van der Waals surface area contributed by atoms with Gasteiger partial charge in [-0.2, -0.15) is 5.10 Å². The van der Waals surface area contributed by atoms with Crippen LogP contribution in [0.3, 0.4) is 0 Å². The number of halogens is 1. The molecule has 80 valence electrons. The number of aliphatic hydroxyl groups is 1. The maximum absolute atomic E-state index is 10.00. The average molecular weight is 272 g/mol. The van der Waals surface area contributed by atoms with E-state index in [1.807, 2.05) is 0 Å². The Morgan fingerprint density at radius 3 is 2.87 bits per heavy atom. The average Bonchev–Trinajstić information content (AvgIpc) is 2.75. The highest BCUT2D eigenvalue weighted by atomic mass is 79.9. The summed E-state index contributed by atoms with van der Waals surface area (Å²) < 4.78 is 7.36. The lowest BCUT2D eigenvalue weighted by Crippen LogP contribution is -2.04. The van der Waals surface area contributed by atoms with Crippen molar-refractivity contribution in [2.24, 2.45) is 7.05 Å². The van der Waals surface area contributed by atoms with E-state index in [0.717, 1.165) is 0 Å². The number of aromatic nitrogens is 2. The Kier molecular flexibility index (Phi) is 2.54. The number of furan rings is 1. The van der Waals surface area contributed by atoms with Crippen LogP contribution in [0.2, 0.25) is 0 Å². The molecule has 2 heterocycles. The van der Waals surface area contributed by atoms with Gasteiger partial charge in [0, 0.05) is 7.05 Å². The zero-order valence-electron chi connectivity index (χ0n) is 8.01. The number of aliphatic hydroxyl groups excluding tert-OH is 1. The molecule has 0 aliphatic heterocycles. The van der Waals surface area contributed by atoms with Crippen molar-refractivity contribution >= 4 is 21.7 Å². The zero-order chi connectivity index (χ0) is 11.0. The molecule has 2 rings (SSSR count). The second-order valence-corrected chi connectivity index (χ2v) is 4.00. The van der Waals surface area contributed by atoms with Crippen LogP contribution in [0.25, 0.3) is 0 Å². The van der Waals surface area contributed by atoms with Gasteiger partial charge in [0.2, 0.25) is 0 Å². The summed E-state index contributed by atoms with van der Waals surface area (Å²) in [5, 5.41) is 14.0. The molecule has 0 saturated heterocycles. The minimum atomic E-state index is -0.900. The first kappa shape index (κ1) is 10.3. The van der Waals surface area contributed by atoms with Gasteiger partial charge in [-0.1, -0.05) is 0 Å². The summed E-state index contributed by atoms with van der Waals surface area (Å²) in [5.41, 5.74) is 6.28. The van der Waals surface area contributed by atoms with Crippen LogP contribution in [0.15, 0.2) is 27.4 Å². The Morgan fingerprint density at radius 2 is 2.40 bits per heavy atom. The van der Waals surface area contributed by atoms with Gasteiger partial charge < -0.3 is 15.3 Å². The number of rotatable bonds is 2. The molecule has 5 nitrogen and oxygen atoms in total. The van der Waals surface area contributed by atoms with Gasteiger partial charge in [0.25, 0.3) is 0 Å². The summed E-state index contributed by atoms with van der Waals surface area (Å²) >= 11 is 3.27. The Bertz CT molecular complexity index is 477. The largest absolute Gasteiger partial charge is 0.465 e. The second kappa shape index (κ2) is 3.71. The van der Waals surface area contributed by atoms with E-state index < -0.39 is 6.10 Å². The zero-order valence-corrected chi connectivity index (χ0v) is 9.60. The summed E-state index contributed by atoms with van der Waals surface area (Å²) in [4.78, 5) is 0. The van der Waals surface area contributed by atoms with Crippen molar-refractivity contribution in [3.8, 4) is 0 Å². The molecule has 1 unspecified atom stereocenters. The molecule has 0 fully saturated rings. The molecule has 1 atom stereocenters. The Balaban J connectivity index is 2.41. The van der Waals surface area contributed by atoms with Crippen molar-refractivity contribution in [3.05, 3.63) is 34.3 Å². The van der Waals surface area contributed by atoms with Crippen LogP contribution in [0.4, 0.5) is 5.82 Å². The van der Waals surface area contributed by atoms with E-state index in [2.05, 4.69) is 21.0 Å². The van der Waals surface area contributed by atoms with E-state index in [-0.39, 0.29) is 0 Å². The molecule has 0 spiro atoms. The van der Waals surface area contributed by atoms with E-state index in [1.54, 1.807) is 13.1 Å². The van der Waals surface area contributed by atoms with Crippen molar-refractivity contribution < 1.29 is 9.52 Å². The lowest BCUT2D eigenvalue weighted by molar-refractivity contribution is 0.189. The van der Waals surface area contributed by atoms with E-state index in [9.17, 15) is 5.11 Å². The van der Waals surface area contributed by atoms with Gasteiger partial charge in [0.05, 0.1) is 22.5 Å². The summed E-state index contributed by atoms with van der Waals surface area (Å²) in [7, 11) is 1.71. The molecule has 0 saturated carbocycles. The minimum absolute atomic E-state index is 0.422. The fourth-order valence-corrected chi connectivity index (χ4v) is 1.73. The molecule has 2 aromatic rings. The third-order valence-electron chi connectivity index (χ3n) is 2.20. The SMILES string of the molecule is Cn1ncc(C(O)c2occc2Br)c1N. The maximum atomic E-state index is 10.00. The summed E-state index contributed by atoms with van der Waals surface area (Å²) in [6, 6.07) is 1.71. The van der Waals surface area contributed by atoms with Crippen LogP contribution in [0.1, 0.15) is 17.4 Å². The normalized spacial score (nSPS) is 13.0. The van der Waals surface area contributed by atoms with Crippen molar-refractivity contribution in [2.45, 2.75) is 6.10 Å². The molecule has 0 amide bonds. The molecule has 3 N–H and O–H groups in total. The Morgan fingerprint density at radius 1 is 1.67 bits per heavy atom. The van der Waals surface area contributed by atoms with E-state index in [4.69, 9.17) is 10.2 Å². The monoisotopic (exact) mass is 271 g/mol. The highest BCUT2D eigenvalue weighted by Crippen LogP contribution is 2.31. The molecular formula is C9H10BrN3O2. The molecule has 0 aromatic carbocycles. The van der Waals surface area contributed by atoms with Gasteiger partial charge in [-0.3, -0.25) is 4.68 Å². The number of nitrogens with zero attached hydrogens (tertiary/aromatic N) is 2. The number of anilines is 1. The quantitative estimate of drug-likeness (QED) is 0.867. The Labute approximate surface area is 94.6 Å². The number of nitrogens with two attached hydrogens (primary N) is 1. The van der Waals surface area contributed by atoms with E-state index in [0.29, 0.717) is 21.6 Å². The first-order chi connectivity index (χ1) is 7.11. The van der Waals surface area contributed by atoms with Crippen molar-refractivity contribution in [3.63, 3.8) is 0 Å². The van der Waals surface area contributed by atoms with Gasteiger partial charge in [-0.15, -0.1) is 0 Å². The van der Waals surface area contributed by atoms with Gasteiger partial charge in [0.15, 0.2) is 5.76 Å². The maximum Gasteiger partial charge on any atom is 0.151 e. The summed E-state index contributed by atoms with van der Waals surface area (Å²) in [6.45, 7) is 0. The predicted octanol–water partition coefficient (Wildman–Crippen LogP) is 1.44. The molecule has 0 bridgehead atoms. The number of hydrogen-bond donors (Lipinski definition) is 2. The van der Waals surface area contributed by atoms with E-state index in [1.165, 1.54) is 17.1 Å². The Hall–Kier alpha value is -1.27. The topological polar surface area (TPSA) is 77.2 Å². The summed E-state index contributed by atoms with van der Waals surface area (Å²) in [6.07, 6.45) is 2.12. The first-order valence-electron chi connectivity index (χ1n) is 4.29. The van der Waals surface area contributed by atoms with Gasteiger partial charge in [-0.25, -0.2) is 0 Å². The smallest absolute Gasteiger partial charge is 0.151 e. The van der Waals surface area contributed by atoms with Crippen molar-refractivity contribution in [2.75, 3.05) is 5.73 Å². The predicted molar refractivity (Wildman–Crippen MR) is 58.1 cm³/mol. The van der Waals surface area contributed by atoms with Crippen LogP contribution >= 0.6 is 15.9 Å². The second-order valence-electron chi connectivity index (χ2n) is 3.14. The van der Waals surface area contributed by atoms with Gasteiger partial charge in [0.1, 0.15) is 11.9 Å². The first-order valence-corrected chi connectivity index (χ1v) is 5.09. The van der Waals surface area contributed by atoms with E-state index >= 15 is 0 Å². The van der Waals surface area contributed by atoms with Crippen LogP contribution in [0, 0.1) is 0 Å². The van der Waals surface area contributed by atoms with Crippen LogP contribution in [-0.4, -0.2) is 14.9 Å². The van der Waals surface area contributed by atoms with Crippen LogP contribution < -0.4 is 5.73 Å². The highest BCUT2D eigenvalue weighted by molar-refractivity contribution is 9.10. The lowest BCUT2D eigenvalue weighted by Gasteiger charge is -2.07. The molecule has 15 heavy (non-hydrogen) atoms. The standard InChI is InChI=1S/C9H10BrN3O2/c1-13-9(11)5(4-12-13)7(14)8-6(10)2-3-15-8/h2-4,7,14H,11H2,1H3. The highest BCUT2D eigenvalue weighted by Gasteiger charge is 2.21. The molecule has 0 aliphatic rings. The molecule has 6 heteroatoms. The van der Waals surface area contributed by atoms with Crippen LogP contribution in [-0.2, 0) is 7.05 Å². The third-order valence-corrected chi connectivity index (χ3v) is 2.86. The van der Waals surface area contributed by atoms with Gasteiger partial charge >= 0.3 is 0 Å². The fourth-order valence-electron chi connectivity index (χ4n) is 1.32. The lowest BCUT2D eigenvalue weighted by atomic mass is 10.1. The minimum Gasteiger partial charge on any atom is -0.465 e. The number of hydrogen-bond acceptors (Lipinski definition) is 4. The fraction of sp³-hybridized carbons (Fsp3) is 0.222. The van der Waals surface area contributed by atoms with Crippen molar-refractivity contribution in [1.29, 1.82) is 0 Å².